The number of aromatic nitrogens is 2. The maximum atomic E-state index is 14.4. The molecule has 1 aromatic carbocycles. The molecule has 1 unspecified atom stereocenters. The Hall–Kier alpha value is -2.70. The van der Waals surface area contributed by atoms with Gasteiger partial charge in [0.25, 0.3) is 5.91 Å². The Balaban J connectivity index is 1.80. The number of carboxylic acids is 1. The number of aliphatic carboxylic acids is 1. The average Bonchev–Trinajstić information content (AvgIpc) is 3.32. The number of aryl methyl sites for hydroxylation is 1. The van der Waals surface area contributed by atoms with Gasteiger partial charge in [0.2, 0.25) is 0 Å². The van der Waals surface area contributed by atoms with Crippen LogP contribution in [0, 0.1) is 12.7 Å². The van der Waals surface area contributed by atoms with Crippen molar-refractivity contribution in [3.05, 3.63) is 46.5 Å². The maximum absolute atomic E-state index is 14.4. The molecule has 2 aliphatic rings. The summed E-state index contributed by atoms with van der Waals surface area (Å²) in [6, 6.07) is 4.81. The Kier molecular flexibility index (Phi) is 4.05. The predicted molar refractivity (Wildman–Crippen MR) is 96.6 cm³/mol. The smallest absolute Gasteiger partial charge is 0.329 e. The van der Waals surface area contributed by atoms with Crippen molar-refractivity contribution in [2.24, 2.45) is 0 Å². The van der Waals surface area contributed by atoms with Crippen molar-refractivity contribution in [2.75, 3.05) is 6.54 Å². The van der Waals surface area contributed by atoms with Crippen LogP contribution in [-0.2, 0) is 17.6 Å². The monoisotopic (exact) mass is 371 g/mol. The highest BCUT2D eigenvalue weighted by atomic mass is 19.1. The van der Waals surface area contributed by atoms with Crippen LogP contribution in [0.5, 0.6) is 0 Å². The molecule has 1 aliphatic heterocycles. The molecule has 1 saturated heterocycles. The summed E-state index contributed by atoms with van der Waals surface area (Å²) in [6.07, 6.45) is 3.35. The number of carbonyl (C=O) groups is 2. The lowest BCUT2D eigenvalue weighted by molar-refractivity contribution is -0.147. The second-order valence-electron chi connectivity index (χ2n) is 7.63. The van der Waals surface area contributed by atoms with Crippen LogP contribution in [0.15, 0.2) is 18.2 Å². The first kappa shape index (κ1) is 17.7. The Morgan fingerprint density at radius 2 is 2.04 bits per heavy atom. The molecule has 2 aromatic rings. The lowest BCUT2D eigenvalue weighted by Crippen LogP contribution is -2.51. The molecule has 27 heavy (non-hydrogen) atoms. The molecule has 1 fully saturated rings. The van der Waals surface area contributed by atoms with Gasteiger partial charge in [0.1, 0.15) is 17.0 Å². The molecule has 0 spiro atoms. The summed E-state index contributed by atoms with van der Waals surface area (Å²) in [5, 5.41) is 14.1. The Labute approximate surface area is 156 Å². The number of rotatable bonds is 3. The highest BCUT2D eigenvalue weighted by Gasteiger charge is 2.47. The van der Waals surface area contributed by atoms with E-state index < -0.39 is 17.3 Å². The van der Waals surface area contributed by atoms with Crippen LogP contribution < -0.4 is 0 Å². The van der Waals surface area contributed by atoms with Gasteiger partial charge >= 0.3 is 5.97 Å². The minimum absolute atomic E-state index is 0.262. The number of fused-ring (bicyclic) bond motifs is 1. The van der Waals surface area contributed by atoms with E-state index in [4.69, 9.17) is 0 Å². The van der Waals surface area contributed by atoms with E-state index in [1.807, 2.05) is 6.92 Å². The van der Waals surface area contributed by atoms with Crippen LogP contribution in [0.3, 0.4) is 0 Å². The highest BCUT2D eigenvalue weighted by molar-refractivity contribution is 5.98. The quantitative estimate of drug-likeness (QED) is 0.900. The van der Waals surface area contributed by atoms with Crippen LogP contribution >= 0.6 is 0 Å². The van der Waals surface area contributed by atoms with E-state index in [0.29, 0.717) is 31.5 Å². The van der Waals surface area contributed by atoms with Crippen LogP contribution in [0.1, 0.15) is 53.5 Å². The average molecular weight is 371 g/mol. The van der Waals surface area contributed by atoms with Gasteiger partial charge in [-0.05, 0) is 63.6 Å². The number of halogens is 1. The normalized spacial score (nSPS) is 21.5. The lowest BCUT2D eigenvalue weighted by Gasteiger charge is -2.30. The van der Waals surface area contributed by atoms with Crippen LogP contribution in [0.25, 0.3) is 5.69 Å². The molecule has 1 atom stereocenters. The number of likely N-dealkylation sites (tertiary alicyclic amines) is 1. The molecule has 1 aliphatic carbocycles. The van der Waals surface area contributed by atoms with Gasteiger partial charge in [-0.1, -0.05) is 6.07 Å². The Morgan fingerprint density at radius 1 is 1.26 bits per heavy atom. The summed E-state index contributed by atoms with van der Waals surface area (Å²) in [5.41, 5.74) is 1.94. The van der Waals surface area contributed by atoms with E-state index >= 15 is 0 Å². The molecule has 6 nitrogen and oxygen atoms in total. The van der Waals surface area contributed by atoms with Crippen molar-refractivity contribution in [1.82, 2.24) is 14.7 Å². The first-order chi connectivity index (χ1) is 12.8. The SMILES string of the molecule is Cc1ccc(F)c(-n2nc(C(=O)N3CCCC3(C)C(=O)O)c3c2CCC3)c1. The van der Waals surface area contributed by atoms with Crippen LogP contribution in [0.2, 0.25) is 0 Å². The molecular weight excluding hydrogens is 349 g/mol. The molecule has 1 aromatic heterocycles. The maximum Gasteiger partial charge on any atom is 0.329 e. The molecule has 2 heterocycles. The molecule has 1 N–H and O–H groups in total. The van der Waals surface area contributed by atoms with Crippen molar-refractivity contribution in [3.8, 4) is 5.69 Å². The van der Waals surface area contributed by atoms with Gasteiger partial charge in [0.05, 0.1) is 0 Å². The van der Waals surface area contributed by atoms with Gasteiger partial charge in [-0.15, -0.1) is 0 Å². The van der Waals surface area contributed by atoms with Gasteiger partial charge in [0, 0.05) is 17.8 Å². The van der Waals surface area contributed by atoms with E-state index in [0.717, 1.165) is 29.7 Å². The number of carbonyl (C=O) groups excluding carboxylic acids is 1. The van der Waals surface area contributed by atoms with Gasteiger partial charge in [-0.3, -0.25) is 4.79 Å². The van der Waals surface area contributed by atoms with Gasteiger partial charge in [0.15, 0.2) is 5.69 Å². The standard InChI is InChI=1S/C20H22FN3O3/c1-12-7-8-14(21)16(11-12)24-15-6-3-5-13(15)17(22-24)18(25)23-10-4-9-20(23,2)19(26)27/h7-8,11H,3-6,9-10H2,1-2H3,(H,26,27). The number of nitrogens with zero attached hydrogens (tertiary/aromatic N) is 3. The predicted octanol–water partition coefficient (Wildman–Crippen LogP) is 2.89. The van der Waals surface area contributed by atoms with Crippen molar-refractivity contribution in [3.63, 3.8) is 0 Å². The summed E-state index contributed by atoms with van der Waals surface area (Å²) in [6.45, 7) is 3.85. The third-order valence-electron chi connectivity index (χ3n) is 5.81. The zero-order valence-electron chi connectivity index (χ0n) is 15.5. The molecule has 7 heteroatoms. The molecule has 0 saturated carbocycles. The third kappa shape index (κ3) is 2.64. The minimum Gasteiger partial charge on any atom is -0.480 e. The first-order valence-corrected chi connectivity index (χ1v) is 9.25. The molecule has 4 rings (SSSR count). The van der Waals surface area contributed by atoms with E-state index in [-0.39, 0.29) is 11.6 Å². The number of benzene rings is 1. The largest absolute Gasteiger partial charge is 0.480 e. The minimum atomic E-state index is -1.22. The van der Waals surface area contributed by atoms with Gasteiger partial charge < -0.3 is 10.0 Å². The number of hydrogen-bond acceptors (Lipinski definition) is 3. The van der Waals surface area contributed by atoms with E-state index in [1.54, 1.807) is 19.1 Å². The molecule has 0 radical (unpaired) electrons. The van der Waals surface area contributed by atoms with Gasteiger partial charge in [-0.25, -0.2) is 13.9 Å². The van der Waals surface area contributed by atoms with E-state index in [9.17, 15) is 19.1 Å². The third-order valence-corrected chi connectivity index (χ3v) is 5.81. The second kappa shape index (κ2) is 6.18. The topological polar surface area (TPSA) is 75.4 Å². The first-order valence-electron chi connectivity index (χ1n) is 9.25. The van der Waals surface area contributed by atoms with Crippen molar-refractivity contribution < 1.29 is 19.1 Å². The van der Waals surface area contributed by atoms with Crippen molar-refractivity contribution >= 4 is 11.9 Å². The summed E-state index contributed by atoms with van der Waals surface area (Å²) in [5.74, 6) is -1.77. The fraction of sp³-hybridized carbons (Fsp3) is 0.450. The summed E-state index contributed by atoms with van der Waals surface area (Å²) in [7, 11) is 0. The molecule has 142 valence electrons. The number of hydrogen-bond donors (Lipinski definition) is 1. The van der Waals surface area contributed by atoms with Crippen LogP contribution in [-0.4, -0.2) is 43.7 Å². The van der Waals surface area contributed by atoms with Crippen molar-refractivity contribution in [1.29, 1.82) is 0 Å². The number of amides is 1. The molecule has 0 bridgehead atoms. The highest BCUT2D eigenvalue weighted by Crippen LogP contribution is 2.34. The Bertz CT molecular complexity index is 952. The fourth-order valence-electron chi connectivity index (χ4n) is 4.23. The summed E-state index contributed by atoms with van der Waals surface area (Å²) in [4.78, 5) is 26.4. The zero-order valence-corrected chi connectivity index (χ0v) is 15.5. The molecule has 1 amide bonds. The number of carboxylic acid groups (broad SMARTS) is 1. The lowest BCUT2D eigenvalue weighted by atomic mass is 9.99. The van der Waals surface area contributed by atoms with E-state index in [2.05, 4.69) is 5.10 Å². The van der Waals surface area contributed by atoms with E-state index in [1.165, 1.54) is 15.6 Å². The van der Waals surface area contributed by atoms with Crippen molar-refractivity contribution in [2.45, 2.75) is 51.5 Å². The second-order valence-corrected chi connectivity index (χ2v) is 7.63. The van der Waals surface area contributed by atoms with Gasteiger partial charge in [-0.2, -0.15) is 5.10 Å². The summed E-state index contributed by atoms with van der Waals surface area (Å²) < 4.78 is 16.0. The molecular formula is C20H22FN3O3. The van der Waals surface area contributed by atoms with Crippen LogP contribution in [0.4, 0.5) is 4.39 Å². The Morgan fingerprint density at radius 3 is 2.78 bits per heavy atom. The fourth-order valence-corrected chi connectivity index (χ4v) is 4.23. The summed E-state index contributed by atoms with van der Waals surface area (Å²) >= 11 is 0. The zero-order chi connectivity index (χ0) is 19.3.